The van der Waals surface area contributed by atoms with E-state index in [1.165, 1.54) is 12.3 Å². The van der Waals surface area contributed by atoms with Gasteiger partial charge in [0.1, 0.15) is 40.3 Å². The first-order valence-corrected chi connectivity index (χ1v) is 51.4. The van der Waals surface area contributed by atoms with Gasteiger partial charge in [0.15, 0.2) is 28.3 Å². The molecule has 14 aromatic rings. The van der Waals surface area contributed by atoms with Crippen molar-refractivity contribution in [1.82, 2.24) is 44.3 Å². The van der Waals surface area contributed by atoms with Gasteiger partial charge in [0, 0.05) is 177 Å². The summed E-state index contributed by atoms with van der Waals surface area (Å²) in [7, 11) is 7.97. The number of nitrogens with zero attached hydrogens (tertiary/aromatic N) is 9. The van der Waals surface area contributed by atoms with E-state index < -0.39 is 17.7 Å². The van der Waals surface area contributed by atoms with E-state index >= 15 is 0 Å². The third-order valence-corrected chi connectivity index (χ3v) is 27.7. The molecule has 5 aliphatic rings. The Morgan fingerprint density at radius 2 is 0.803 bits per heavy atom. The molecular weight excluding hydrogens is 2050 g/mol. The number of nitrogen functional groups attached to an aromatic ring is 2. The van der Waals surface area contributed by atoms with Crippen LogP contribution in [0, 0.1) is 5.92 Å². The molecule has 3 amide bonds. The zero-order chi connectivity index (χ0) is 106. The Labute approximate surface area is 887 Å². The lowest BCUT2D eigenvalue weighted by Gasteiger charge is -2.32. The highest BCUT2D eigenvalue weighted by Crippen LogP contribution is 2.42. The van der Waals surface area contributed by atoms with Gasteiger partial charge in [-0.3, -0.25) is 24.0 Å². The molecule has 5 saturated heterocycles. The number of alkyl halides is 5. The molecule has 0 saturated carbocycles. The molecule has 8 aromatic carbocycles. The molecular formula is C112H120BBrCl5F3N12O13. The summed E-state index contributed by atoms with van der Waals surface area (Å²) in [6.45, 7) is 24.5. The Balaban J connectivity index is 0.000000151. The number of likely N-dealkylation sites (N-methyl/N-ethyl adjacent to an activating group) is 3. The molecule has 5 aliphatic heterocycles. The minimum Gasteiger partial charge on any atom is -0.478 e. The van der Waals surface area contributed by atoms with Gasteiger partial charge in [-0.2, -0.15) is 13.2 Å². The van der Waals surface area contributed by atoms with Crippen LogP contribution in [-0.2, 0) is 50.9 Å². The van der Waals surface area contributed by atoms with Crippen LogP contribution in [0.5, 0.6) is 0 Å². The smallest absolute Gasteiger partial charge is 0.478 e. The van der Waals surface area contributed by atoms with Crippen molar-refractivity contribution >= 4 is 189 Å². The quantitative estimate of drug-likeness (QED) is 0.0253. The van der Waals surface area contributed by atoms with Crippen LogP contribution >= 0.6 is 73.9 Å². The third kappa shape index (κ3) is 30.2. The molecule has 11 heterocycles. The molecule has 7 N–H and O–H groups in total. The maximum absolute atomic E-state index is 12.9. The number of nitrogens with two attached hydrogens (primary N) is 3. The number of anilines is 2. The van der Waals surface area contributed by atoms with Gasteiger partial charge >= 0.3 is 19.3 Å². The summed E-state index contributed by atoms with van der Waals surface area (Å²) in [5.41, 5.74) is 28.4. The Morgan fingerprint density at radius 1 is 0.456 bits per heavy atom. The molecule has 25 nitrogen and oxygen atoms in total. The average Bonchev–Trinajstić information content (AvgIpc) is 1.63. The highest BCUT2D eigenvalue weighted by molar-refractivity contribution is 9.10. The minimum atomic E-state index is -4.40. The van der Waals surface area contributed by atoms with E-state index in [2.05, 4.69) is 86.7 Å². The van der Waals surface area contributed by atoms with Crippen LogP contribution in [0.3, 0.4) is 0 Å². The summed E-state index contributed by atoms with van der Waals surface area (Å²) in [4.78, 5) is 95.9. The van der Waals surface area contributed by atoms with Crippen LogP contribution in [0.25, 0.3) is 89.4 Å². The zero-order valence-electron chi connectivity index (χ0n) is 83.7. The third-order valence-electron chi connectivity index (χ3n) is 26.4. The van der Waals surface area contributed by atoms with Gasteiger partial charge in [-0.05, 0) is 283 Å². The molecule has 19 rings (SSSR count). The number of furan rings is 4. The zero-order valence-corrected chi connectivity index (χ0v) is 89.0. The van der Waals surface area contributed by atoms with Gasteiger partial charge in [0.05, 0.1) is 43.7 Å². The highest BCUT2D eigenvalue weighted by atomic mass is 79.9. The number of hydrogen-bond donors (Lipinski definition) is 4. The number of benzene rings is 8. The number of piperidine rings is 1. The van der Waals surface area contributed by atoms with E-state index in [0.29, 0.717) is 108 Å². The van der Waals surface area contributed by atoms with Gasteiger partial charge in [0.2, 0.25) is 0 Å². The number of aliphatic carboxylic acids is 1. The van der Waals surface area contributed by atoms with Crippen LogP contribution in [0.2, 0.25) is 15.1 Å². The summed E-state index contributed by atoms with van der Waals surface area (Å²) < 4.78 is 73.3. The number of carbonyl (C=O) groups excluding carboxylic acids is 5. The number of aryl methyl sites for hydroxylation is 3. The van der Waals surface area contributed by atoms with Gasteiger partial charge in [-0.25, -0.2) is 14.8 Å². The van der Waals surface area contributed by atoms with E-state index in [0.717, 1.165) is 206 Å². The normalized spacial score (nSPS) is 15.7. The number of amides is 3. The lowest BCUT2D eigenvalue weighted by molar-refractivity contribution is -0.137. The Kier molecular flexibility index (Phi) is 39.2. The van der Waals surface area contributed by atoms with Crippen molar-refractivity contribution in [2.24, 2.45) is 11.7 Å². The Morgan fingerprint density at radius 3 is 1.17 bits per heavy atom. The Hall–Kier alpha value is -12.0. The van der Waals surface area contributed by atoms with Crippen LogP contribution in [-0.4, -0.2) is 228 Å². The van der Waals surface area contributed by atoms with Crippen molar-refractivity contribution < 1.29 is 74.0 Å². The van der Waals surface area contributed by atoms with Crippen molar-refractivity contribution in [3.05, 3.63) is 300 Å². The second-order valence-electron chi connectivity index (χ2n) is 37.5. The fourth-order valence-corrected chi connectivity index (χ4v) is 18.2. The molecule has 0 bridgehead atoms. The predicted octanol–water partition coefficient (Wildman–Crippen LogP) is 23.1. The van der Waals surface area contributed by atoms with Crippen molar-refractivity contribution in [3.63, 3.8) is 0 Å². The molecule has 35 heteroatoms. The van der Waals surface area contributed by atoms with E-state index in [1.807, 2.05) is 201 Å². The van der Waals surface area contributed by atoms with Crippen LogP contribution in [0.1, 0.15) is 142 Å². The SMILES string of the molecule is CCc1cc2cc(-c3ccc(C(=O)N4CCN(C)CC4)cc3)cc(Cl)c2o1.CCc1cc2cc(Br)cc(C(F)(F)F)c2o1.CN1CCC(C(=O)c2ccc(B3OC(C)(C)C(C)(C)O3)cc2)CC1.CN1CCN(C(=O)c2ccc(-c3cc(Cl)c4oc(CCC(=O)/C=C/c5ccc(N)nc5)cc4c3)cc2)CC1.CN1CCN(C(=O)c2ccc(-c3cc(Cl)c4oc(CN)cc4c3)cc2)CC1.ClCCl.Nc1ccc(/C=C/C(=O)O)cn1. The number of piperazine rings is 3. The van der Waals surface area contributed by atoms with Gasteiger partial charge in [-0.1, -0.05) is 125 Å². The van der Waals surface area contributed by atoms with Gasteiger partial charge in [0.25, 0.3) is 17.7 Å². The Bertz CT molecular complexity index is 6780. The van der Waals surface area contributed by atoms with Crippen molar-refractivity contribution in [2.45, 2.75) is 104 Å². The second-order valence-corrected chi connectivity index (χ2v) is 40.5. The maximum atomic E-state index is 12.9. The first-order chi connectivity index (χ1) is 70.1. The summed E-state index contributed by atoms with van der Waals surface area (Å²) in [5.74, 6) is 3.43. The summed E-state index contributed by atoms with van der Waals surface area (Å²) in [6, 6.07) is 59.6. The number of likely N-dealkylation sites (tertiary alicyclic amines) is 1. The van der Waals surface area contributed by atoms with E-state index in [-0.39, 0.29) is 64.4 Å². The molecule has 5 fully saturated rings. The molecule has 0 aliphatic carbocycles. The molecule has 0 atom stereocenters. The molecule has 6 aromatic heterocycles. The van der Waals surface area contributed by atoms with Gasteiger partial charge in [-0.15, -0.1) is 23.2 Å². The number of aromatic nitrogens is 2. The largest absolute Gasteiger partial charge is 0.494 e. The van der Waals surface area contributed by atoms with Crippen molar-refractivity contribution in [3.8, 4) is 33.4 Å². The second kappa shape index (κ2) is 51.3. The molecule has 0 spiro atoms. The minimum absolute atomic E-state index is 0.0136. The van der Waals surface area contributed by atoms with Crippen LogP contribution in [0.15, 0.2) is 241 Å². The van der Waals surface area contributed by atoms with E-state index in [4.69, 9.17) is 107 Å². The fourth-order valence-electron chi connectivity index (χ4n) is 16.9. The number of rotatable bonds is 19. The summed E-state index contributed by atoms with van der Waals surface area (Å²) in [5, 5.41) is 13.4. The van der Waals surface area contributed by atoms with Crippen molar-refractivity contribution in [1.29, 1.82) is 0 Å². The number of pyridine rings is 2. The highest BCUT2D eigenvalue weighted by Gasteiger charge is 2.52. The van der Waals surface area contributed by atoms with Gasteiger partial charge < -0.3 is 83.6 Å². The summed E-state index contributed by atoms with van der Waals surface area (Å²) in [6.07, 6.45) is 8.59. The number of hydrogen-bond acceptors (Lipinski definition) is 21. The van der Waals surface area contributed by atoms with E-state index in [9.17, 15) is 41.9 Å². The molecule has 0 radical (unpaired) electrons. The first-order valence-electron chi connectivity index (χ1n) is 48.4. The topological polar surface area (TPSA) is 320 Å². The lowest BCUT2D eigenvalue weighted by atomic mass is 9.78. The van der Waals surface area contributed by atoms with E-state index in [1.54, 1.807) is 48.7 Å². The number of ketones is 2. The lowest BCUT2D eigenvalue weighted by Crippen LogP contribution is -2.47. The van der Waals surface area contributed by atoms with Crippen LogP contribution in [0.4, 0.5) is 24.8 Å². The number of Topliss-reactive ketones (excluding diaryl/α,β-unsaturated/α-hetero) is 1. The van der Waals surface area contributed by atoms with Crippen LogP contribution < -0.4 is 22.7 Å². The predicted molar refractivity (Wildman–Crippen MR) is 585 cm³/mol. The monoisotopic (exact) mass is 2160 g/mol. The number of carboxylic acids is 1. The summed E-state index contributed by atoms with van der Waals surface area (Å²) >= 11 is 32.0. The maximum Gasteiger partial charge on any atom is 0.494 e. The number of carbonyl (C=O) groups is 6. The van der Waals surface area contributed by atoms with Crippen molar-refractivity contribution in [2.75, 3.05) is 137 Å². The number of halogens is 9. The first kappa shape index (κ1) is 112. The standard InChI is InChI=1S/C30H29ClN4O3.C22H23ClN2O2.C21H22ClN3O2.C19H28BNO3.C11H8BrF3O.C8H8N2O2.CH2Cl2/c1-34-12-14-35(15-13-34)30(37)22-6-4-21(5-7-22)23-16-24-17-26(38-29(24)27(31)18-23)10-9-25(36)8-2-20-3-11-28(32)33-19-20;1-3-19-13-18-12-17(14-20(23)21(18)27-19)15-4-6-16(7-5-15)22(26)25-10-8-24(2)9-11-25;1-24-6-8-25(9-7-24)21(26)15-4-2-14(3-5-15)16-10-17-11-18(13-23)27-20(17)19(22)12-16;1-18(2)19(3,4)24-20(23-18)16-8-6-14(7-9-16)17(22)15-10-12-21(5)13-11-15;1-2-8-4-6-3-7(12)5-9(10(6)16-8)11(13,14)15;9-7-3-1-6(5-10-7)2-4-8(11)12;2-1-3/h2-8,11,16-19H,9-10,12-15H2,1H3,(H2,32,33);4-7,12-14H,3,8-11H2,1-2H3;2-5,10-12H,6-9,13,23H2,1H3;6-9,15H,10-13H2,1-5H3;3-5H,2H2,1H3;1-5H,(H2,9,10)(H,11,12);1H2/b8-2+;;;;;4-2+;. The number of carboxylic acid groups (broad SMARTS) is 1. The molecule has 0 unspecified atom stereocenters. The molecule has 147 heavy (non-hydrogen) atoms. The number of fused-ring (bicyclic) bond motifs is 4. The fraction of sp³-hybridized carbons (Fsp3) is 0.321. The number of allylic oxidation sites excluding steroid dienone is 1. The average molecular weight is 2170 g/mol. The molecule has 772 valence electrons.